The van der Waals surface area contributed by atoms with Crippen molar-refractivity contribution >= 4 is 5.91 Å². The van der Waals surface area contributed by atoms with Crippen LogP contribution in [0.4, 0.5) is 0 Å². The molecule has 1 heterocycles. The number of unbranched alkanes of at least 4 members (excludes halogenated alkanes) is 1. The Labute approximate surface area is 91.5 Å². The summed E-state index contributed by atoms with van der Waals surface area (Å²) in [5.41, 5.74) is 5.77. The zero-order chi connectivity index (χ0) is 11.3. The molecule has 4 heteroatoms. The standard InChI is InChI=1S/C11H22N2O2/c1-3-4-5-9(12)11(14)13-10-6-7-15-8(10)2/h8-10H,3-7,12H2,1-2H3,(H,13,14). The number of hydrogen-bond acceptors (Lipinski definition) is 3. The number of carbonyl (C=O) groups is 1. The van der Waals surface area contributed by atoms with E-state index in [0.29, 0.717) is 0 Å². The molecule has 0 aromatic rings. The van der Waals surface area contributed by atoms with Crippen LogP contribution in [0.3, 0.4) is 0 Å². The third kappa shape index (κ3) is 3.80. The number of amides is 1. The summed E-state index contributed by atoms with van der Waals surface area (Å²) in [6.07, 6.45) is 3.86. The number of hydrogen-bond donors (Lipinski definition) is 2. The molecule has 0 aromatic carbocycles. The maximum atomic E-state index is 11.7. The molecule has 1 aliphatic heterocycles. The number of nitrogens with two attached hydrogens (primary N) is 1. The zero-order valence-electron chi connectivity index (χ0n) is 9.66. The van der Waals surface area contributed by atoms with Crippen LogP contribution in [0.15, 0.2) is 0 Å². The molecule has 3 atom stereocenters. The third-order valence-corrected chi connectivity index (χ3v) is 2.91. The van der Waals surface area contributed by atoms with E-state index in [4.69, 9.17) is 10.5 Å². The Morgan fingerprint density at radius 1 is 1.67 bits per heavy atom. The lowest BCUT2D eigenvalue weighted by atomic mass is 10.1. The molecule has 0 spiro atoms. The lowest BCUT2D eigenvalue weighted by molar-refractivity contribution is -0.123. The number of nitrogens with one attached hydrogen (secondary N) is 1. The molecule has 15 heavy (non-hydrogen) atoms. The van der Waals surface area contributed by atoms with Gasteiger partial charge in [0.05, 0.1) is 18.2 Å². The fraction of sp³-hybridized carbons (Fsp3) is 0.909. The highest BCUT2D eigenvalue weighted by Crippen LogP contribution is 2.12. The molecular weight excluding hydrogens is 192 g/mol. The van der Waals surface area contributed by atoms with Gasteiger partial charge in [0.2, 0.25) is 5.91 Å². The Hall–Kier alpha value is -0.610. The maximum absolute atomic E-state index is 11.7. The van der Waals surface area contributed by atoms with Gasteiger partial charge in [-0.2, -0.15) is 0 Å². The molecule has 0 bridgehead atoms. The molecule has 3 N–H and O–H groups in total. The quantitative estimate of drug-likeness (QED) is 0.711. The van der Waals surface area contributed by atoms with Gasteiger partial charge in [-0.3, -0.25) is 4.79 Å². The fourth-order valence-corrected chi connectivity index (χ4v) is 1.77. The molecule has 0 aliphatic carbocycles. The van der Waals surface area contributed by atoms with Crippen molar-refractivity contribution in [3.05, 3.63) is 0 Å². The molecule has 4 nitrogen and oxygen atoms in total. The van der Waals surface area contributed by atoms with E-state index in [0.717, 1.165) is 32.3 Å². The molecular formula is C11H22N2O2. The molecule has 0 aromatic heterocycles. The van der Waals surface area contributed by atoms with Gasteiger partial charge in [-0.15, -0.1) is 0 Å². The van der Waals surface area contributed by atoms with Crippen LogP contribution >= 0.6 is 0 Å². The molecule has 1 amide bonds. The van der Waals surface area contributed by atoms with Crippen LogP contribution in [0.2, 0.25) is 0 Å². The van der Waals surface area contributed by atoms with Crippen molar-refractivity contribution in [3.8, 4) is 0 Å². The van der Waals surface area contributed by atoms with Gasteiger partial charge in [0.25, 0.3) is 0 Å². The van der Waals surface area contributed by atoms with Crippen LogP contribution < -0.4 is 11.1 Å². The van der Waals surface area contributed by atoms with Crippen LogP contribution in [0.1, 0.15) is 39.5 Å². The second-order valence-corrected chi connectivity index (χ2v) is 4.23. The Morgan fingerprint density at radius 2 is 2.40 bits per heavy atom. The Balaban J connectivity index is 2.27. The predicted molar refractivity (Wildman–Crippen MR) is 59.5 cm³/mol. The SMILES string of the molecule is CCCCC(N)C(=O)NC1CCOC1C. The van der Waals surface area contributed by atoms with Crippen molar-refractivity contribution in [2.75, 3.05) is 6.61 Å². The van der Waals surface area contributed by atoms with Crippen molar-refractivity contribution < 1.29 is 9.53 Å². The first-order chi connectivity index (χ1) is 7.15. The number of rotatable bonds is 5. The van der Waals surface area contributed by atoms with Crippen LogP contribution in [0, 0.1) is 0 Å². The number of ether oxygens (including phenoxy) is 1. The van der Waals surface area contributed by atoms with E-state index >= 15 is 0 Å². The minimum atomic E-state index is -0.363. The predicted octanol–water partition coefficient (Wildman–Crippen LogP) is 0.797. The van der Waals surface area contributed by atoms with Crippen LogP contribution in [-0.4, -0.2) is 30.7 Å². The van der Waals surface area contributed by atoms with Crippen molar-refractivity contribution in [1.29, 1.82) is 0 Å². The van der Waals surface area contributed by atoms with Gasteiger partial charge < -0.3 is 15.8 Å². The lowest BCUT2D eigenvalue weighted by Gasteiger charge is -2.18. The highest BCUT2D eigenvalue weighted by molar-refractivity contribution is 5.81. The first kappa shape index (κ1) is 12.5. The summed E-state index contributed by atoms with van der Waals surface area (Å²) in [7, 11) is 0. The monoisotopic (exact) mass is 214 g/mol. The van der Waals surface area contributed by atoms with Crippen molar-refractivity contribution in [1.82, 2.24) is 5.32 Å². The first-order valence-electron chi connectivity index (χ1n) is 5.82. The summed E-state index contributed by atoms with van der Waals surface area (Å²) in [5.74, 6) is -0.0363. The van der Waals surface area contributed by atoms with Crippen molar-refractivity contribution in [2.24, 2.45) is 5.73 Å². The normalized spacial score (nSPS) is 27.7. The van der Waals surface area contributed by atoms with E-state index in [2.05, 4.69) is 12.2 Å². The van der Waals surface area contributed by atoms with E-state index in [1.807, 2.05) is 6.92 Å². The van der Waals surface area contributed by atoms with E-state index < -0.39 is 0 Å². The minimum Gasteiger partial charge on any atom is -0.376 e. The molecule has 0 saturated carbocycles. The molecule has 1 rings (SSSR count). The average molecular weight is 214 g/mol. The second-order valence-electron chi connectivity index (χ2n) is 4.23. The van der Waals surface area contributed by atoms with E-state index in [1.165, 1.54) is 0 Å². The molecule has 0 radical (unpaired) electrons. The Kier molecular flexibility index (Phi) is 5.05. The molecule has 1 saturated heterocycles. The summed E-state index contributed by atoms with van der Waals surface area (Å²) in [5, 5.41) is 2.95. The highest BCUT2D eigenvalue weighted by atomic mass is 16.5. The highest BCUT2D eigenvalue weighted by Gasteiger charge is 2.27. The van der Waals surface area contributed by atoms with Gasteiger partial charge in [0.15, 0.2) is 0 Å². The van der Waals surface area contributed by atoms with Gasteiger partial charge >= 0.3 is 0 Å². The third-order valence-electron chi connectivity index (χ3n) is 2.91. The summed E-state index contributed by atoms with van der Waals surface area (Å²) in [4.78, 5) is 11.7. The Morgan fingerprint density at radius 3 is 2.93 bits per heavy atom. The molecule has 1 fully saturated rings. The second kappa shape index (κ2) is 6.08. The van der Waals surface area contributed by atoms with Gasteiger partial charge in [0.1, 0.15) is 0 Å². The minimum absolute atomic E-state index is 0.0363. The summed E-state index contributed by atoms with van der Waals surface area (Å²) in [6.45, 7) is 4.81. The van der Waals surface area contributed by atoms with E-state index in [1.54, 1.807) is 0 Å². The van der Waals surface area contributed by atoms with Gasteiger partial charge in [-0.05, 0) is 19.8 Å². The maximum Gasteiger partial charge on any atom is 0.237 e. The average Bonchev–Trinajstić information content (AvgIpc) is 2.61. The van der Waals surface area contributed by atoms with Crippen LogP contribution in [0.5, 0.6) is 0 Å². The van der Waals surface area contributed by atoms with Gasteiger partial charge in [-0.1, -0.05) is 19.8 Å². The molecule has 88 valence electrons. The lowest BCUT2D eigenvalue weighted by Crippen LogP contribution is -2.47. The van der Waals surface area contributed by atoms with Gasteiger partial charge in [-0.25, -0.2) is 0 Å². The fourth-order valence-electron chi connectivity index (χ4n) is 1.77. The molecule has 3 unspecified atom stereocenters. The summed E-state index contributed by atoms with van der Waals surface area (Å²) < 4.78 is 5.37. The topological polar surface area (TPSA) is 64.4 Å². The molecule has 1 aliphatic rings. The number of carbonyl (C=O) groups excluding carboxylic acids is 1. The van der Waals surface area contributed by atoms with Crippen molar-refractivity contribution in [2.45, 2.75) is 57.7 Å². The first-order valence-corrected chi connectivity index (χ1v) is 5.82. The van der Waals surface area contributed by atoms with Crippen LogP contribution in [-0.2, 0) is 9.53 Å². The smallest absolute Gasteiger partial charge is 0.237 e. The zero-order valence-corrected chi connectivity index (χ0v) is 9.66. The summed E-state index contributed by atoms with van der Waals surface area (Å²) in [6, 6.07) is -0.220. The van der Waals surface area contributed by atoms with E-state index in [-0.39, 0.29) is 24.1 Å². The van der Waals surface area contributed by atoms with Crippen molar-refractivity contribution in [3.63, 3.8) is 0 Å². The van der Waals surface area contributed by atoms with Gasteiger partial charge in [0, 0.05) is 6.61 Å². The van der Waals surface area contributed by atoms with E-state index in [9.17, 15) is 4.79 Å². The Bertz CT molecular complexity index is 209. The summed E-state index contributed by atoms with van der Waals surface area (Å²) >= 11 is 0. The van der Waals surface area contributed by atoms with Crippen LogP contribution in [0.25, 0.3) is 0 Å². The largest absolute Gasteiger partial charge is 0.376 e.